The van der Waals surface area contributed by atoms with Gasteiger partial charge < -0.3 is 26.2 Å². The van der Waals surface area contributed by atoms with Crippen molar-refractivity contribution in [2.45, 2.75) is 43.9 Å². The maximum Gasteiger partial charge on any atom is 0.255 e. The monoisotopic (exact) mass is 565 g/mol. The van der Waals surface area contributed by atoms with E-state index in [9.17, 15) is 34.8 Å². The number of nitrogens with zero attached hydrogens (tertiary/aromatic N) is 2. The number of primary amides is 1. The molecule has 10 nitrogen and oxygen atoms in total. The van der Waals surface area contributed by atoms with Crippen LogP contribution >= 0.6 is 0 Å². The molecule has 2 fully saturated rings. The Hall–Kier alpha value is -3.80. The van der Waals surface area contributed by atoms with Crippen LogP contribution in [0.3, 0.4) is 0 Å². The lowest BCUT2D eigenvalue weighted by atomic mass is 9.57. The minimum absolute atomic E-state index is 0.0212. The Morgan fingerprint density at radius 1 is 1.15 bits per heavy atom. The Morgan fingerprint density at radius 2 is 1.83 bits per heavy atom. The highest BCUT2D eigenvalue weighted by Gasteiger charge is 2.64. The van der Waals surface area contributed by atoms with Crippen molar-refractivity contribution in [3.8, 4) is 5.75 Å². The highest BCUT2D eigenvalue weighted by molar-refractivity contribution is 6.24. The number of benzene rings is 2. The number of carbonyl (C=O) groups excluding carboxylic acids is 3. The second-order valence-electron chi connectivity index (χ2n) is 11.8. The molecule has 11 heteroatoms. The van der Waals surface area contributed by atoms with E-state index in [-0.39, 0.29) is 40.3 Å². The molecule has 1 aliphatic heterocycles. The highest BCUT2D eigenvalue weighted by atomic mass is 19.1. The van der Waals surface area contributed by atoms with E-state index in [0.29, 0.717) is 6.54 Å². The first kappa shape index (κ1) is 27.4. The van der Waals surface area contributed by atoms with Crippen molar-refractivity contribution in [2.24, 2.45) is 17.6 Å². The number of aromatic hydroxyl groups is 1. The van der Waals surface area contributed by atoms with Gasteiger partial charge in [0.15, 0.2) is 11.4 Å². The van der Waals surface area contributed by atoms with Crippen molar-refractivity contribution in [1.82, 2.24) is 9.80 Å². The number of aliphatic hydroxyl groups is 3. The Morgan fingerprint density at radius 3 is 2.46 bits per heavy atom. The minimum atomic E-state index is -2.74. The summed E-state index contributed by atoms with van der Waals surface area (Å²) in [5.74, 6) is -8.21. The molecule has 4 atom stereocenters. The van der Waals surface area contributed by atoms with Crippen molar-refractivity contribution < 1.29 is 39.2 Å². The van der Waals surface area contributed by atoms with Gasteiger partial charge in [-0.15, -0.1) is 0 Å². The molecule has 0 aromatic heterocycles. The zero-order valence-electron chi connectivity index (χ0n) is 22.8. The molecule has 41 heavy (non-hydrogen) atoms. The molecule has 0 unspecified atom stereocenters. The number of nitrogens with two attached hydrogens (primary N) is 1. The maximum atomic E-state index is 16.0. The van der Waals surface area contributed by atoms with Gasteiger partial charge in [-0.3, -0.25) is 24.2 Å². The van der Waals surface area contributed by atoms with Crippen LogP contribution in [0.25, 0.3) is 16.5 Å². The first-order valence-corrected chi connectivity index (χ1v) is 13.7. The molecule has 1 saturated carbocycles. The van der Waals surface area contributed by atoms with Gasteiger partial charge in [0.25, 0.3) is 5.91 Å². The van der Waals surface area contributed by atoms with Crippen LogP contribution in [0.1, 0.15) is 36.0 Å². The summed E-state index contributed by atoms with van der Waals surface area (Å²) in [6.45, 7) is 2.51. The number of rotatable bonds is 4. The third kappa shape index (κ3) is 3.75. The van der Waals surface area contributed by atoms with Crippen molar-refractivity contribution in [1.29, 1.82) is 0 Å². The van der Waals surface area contributed by atoms with Gasteiger partial charge in [-0.25, -0.2) is 4.39 Å². The van der Waals surface area contributed by atoms with E-state index in [1.807, 2.05) is 6.07 Å². The predicted molar refractivity (Wildman–Crippen MR) is 146 cm³/mol. The molecule has 4 aliphatic rings. The van der Waals surface area contributed by atoms with Crippen LogP contribution in [0.2, 0.25) is 0 Å². The van der Waals surface area contributed by atoms with E-state index in [1.165, 1.54) is 19.0 Å². The molecular formula is C30H32FN3O7. The van der Waals surface area contributed by atoms with Gasteiger partial charge in [0.1, 0.15) is 28.7 Å². The van der Waals surface area contributed by atoms with Gasteiger partial charge in [-0.05, 0) is 70.4 Å². The third-order valence-electron chi connectivity index (χ3n) is 9.30. The Labute approximate surface area is 235 Å². The number of carbonyl (C=O) groups is 3. The fourth-order valence-corrected chi connectivity index (χ4v) is 7.40. The van der Waals surface area contributed by atoms with E-state index in [0.717, 1.165) is 31.5 Å². The normalized spacial score (nSPS) is 28.4. The topological polar surface area (TPSA) is 165 Å². The number of amides is 1. The zero-order chi connectivity index (χ0) is 29.5. The van der Waals surface area contributed by atoms with E-state index >= 15 is 4.39 Å². The first-order chi connectivity index (χ1) is 19.4. The average molecular weight is 566 g/mol. The summed E-state index contributed by atoms with van der Waals surface area (Å²) in [6.07, 6.45) is 2.00. The molecule has 6 rings (SSSR count). The molecular weight excluding hydrogens is 533 g/mol. The molecule has 216 valence electrons. The van der Waals surface area contributed by atoms with Crippen LogP contribution in [0.5, 0.6) is 5.75 Å². The van der Waals surface area contributed by atoms with Gasteiger partial charge in [-0.1, -0.05) is 12.1 Å². The number of aliphatic hydroxyl groups excluding tert-OH is 2. The summed E-state index contributed by atoms with van der Waals surface area (Å²) in [5, 5.41) is 45.8. The van der Waals surface area contributed by atoms with E-state index < -0.39 is 69.6 Å². The van der Waals surface area contributed by atoms with Crippen LogP contribution in [0, 0.1) is 17.7 Å². The van der Waals surface area contributed by atoms with Crippen LogP contribution in [-0.4, -0.2) is 86.5 Å². The second kappa shape index (κ2) is 9.37. The van der Waals surface area contributed by atoms with Crippen LogP contribution in [-0.2, 0) is 27.3 Å². The molecule has 6 N–H and O–H groups in total. The summed E-state index contributed by atoms with van der Waals surface area (Å²) >= 11 is 0. The molecule has 0 spiro atoms. The molecule has 3 aliphatic carbocycles. The molecule has 1 saturated heterocycles. The standard InChI is InChI=1S/C30H32FN3O7/c1-33(2)23-18-11-14-10-17-20(25(36)19(14)27(38)30(18,41)28(39)21(26(23)37)29(32)40)24(35)16-9-13(5-6-15(16)22(17)31)12-34-7-3-4-8-34/h5-6,9,14,18,23,35-36,39,41H,3-4,7-8,10-12H2,1-2H3,(H2,32,40)/t14-,18-,23-,30-/m0/s1. The molecule has 0 radical (unpaired) electrons. The number of phenolic OH excluding ortho intramolecular Hbond substituents is 1. The van der Waals surface area contributed by atoms with Crippen LogP contribution in [0.15, 0.2) is 35.1 Å². The number of likely N-dealkylation sites (N-methyl/N-ethyl adjacent to an activating group) is 1. The van der Waals surface area contributed by atoms with Crippen molar-refractivity contribution in [2.75, 3.05) is 27.2 Å². The number of halogens is 1. The minimum Gasteiger partial charge on any atom is -0.508 e. The van der Waals surface area contributed by atoms with E-state index in [1.54, 1.807) is 12.1 Å². The number of likely N-dealkylation sites (tertiary alicyclic amines) is 1. The molecule has 2 aromatic rings. The number of ketones is 2. The fraction of sp³-hybridized carbons (Fsp3) is 0.433. The largest absolute Gasteiger partial charge is 0.508 e. The number of fused-ring (bicyclic) bond motifs is 4. The number of hydrogen-bond donors (Lipinski definition) is 5. The van der Waals surface area contributed by atoms with Crippen molar-refractivity contribution in [3.05, 3.63) is 57.6 Å². The third-order valence-corrected chi connectivity index (χ3v) is 9.30. The molecule has 2 aromatic carbocycles. The predicted octanol–water partition coefficient (Wildman–Crippen LogP) is 1.85. The molecule has 1 amide bonds. The lowest BCUT2D eigenvalue weighted by Crippen LogP contribution is -2.65. The van der Waals surface area contributed by atoms with Crippen LogP contribution < -0.4 is 5.73 Å². The Bertz CT molecular complexity index is 1610. The smallest absolute Gasteiger partial charge is 0.255 e. The first-order valence-electron chi connectivity index (χ1n) is 13.7. The highest BCUT2D eigenvalue weighted by Crippen LogP contribution is 2.53. The molecule has 1 heterocycles. The number of phenols is 1. The molecule has 0 bridgehead atoms. The lowest BCUT2D eigenvalue weighted by Gasteiger charge is -2.50. The SMILES string of the molecule is CN(C)[C@@H]1C(=O)C(C(N)=O)=C(O)[C@@]2(O)C(=O)C3=C(O)c4c(c(F)c5ccc(CN6CCCC6)cc5c4O)C[C@H]3C[C@@H]12. The maximum absolute atomic E-state index is 16.0. The second-order valence-corrected chi connectivity index (χ2v) is 11.8. The Balaban J connectivity index is 1.52. The fourth-order valence-electron chi connectivity index (χ4n) is 7.40. The quantitative estimate of drug-likeness (QED) is 0.348. The average Bonchev–Trinajstić information content (AvgIpc) is 3.42. The van der Waals surface area contributed by atoms with Gasteiger partial charge >= 0.3 is 0 Å². The van der Waals surface area contributed by atoms with E-state index in [2.05, 4.69) is 4.90 Å². The number of Topliss-reactive ketones (excluding diaryl/α,β-unsaturated/α-hetero) is 2. The summed E-state index contributed by atoms with van der Waals surface area (Å²) in [5.41, 5.74) is 2.07. The van der Waals surface area contributed by atoms with Crippen molar-refractivity contribution >= 4 is 34.0 Å². The summed E-state index contributed by atoms with van der Waals surface area (Å²) in [6, 6.07) is 3.89. The number of hydrogen-bond acceptors (Lipinski definition) is 9. The van der Waals surface area contributed by atoms with E-state index in [4.69, 9.17) is 5.73 Å². The van der Waals surface area contributed by atoms with Crippen molar-refractivity contribution in [3.63, 3.8) is 0 Å². The Kier molecular flexibility index (Phi) is 6.25. The zero-order valence-corrected chi connectivity index (χ0v) is 22.8. The van der Waals surface area contributed by atoms with Gasteiger partial charge in [0, 0.05) is 34.4 Å². The lowest BCUT2D eigenvalue weighted by molar-refractivity contribution is -0.153. The summed E-state index contributed by atoms with van der Waals surface area (Å²) in [4.78, 5) is 43.0. The summed E-state index contributed by atoms with van der Waals surface area (Å²) < 4.78 is 16.0. The van der Waals surface area contributed by atoms with Gasteiger partial charge in [0.2, 0.25) is 5.78 Å². The van der Waals surface area contributed by atoms with Gasteiger partial charge in [0.05, 0.1) is 11.6 Å². The summed E-state index contributed by atoms with van der Waals surface area (Å²) in [7, 11) is 3.05. The van der Waals surface area contributed by atoms with Gasteiger partial charge in [-0.2, -0.15) is 0 Å². The van der Waals surface area contributed by atoms with Crippen LogP contribution in [0.4, 0.5) is 4.39 Å².